The van der Waals surface area contributed by atoms with E-state index >= 15 is 0 Å². The molecule has 0 atom stereocenters. The van der Waals surface area contributed by atoms with Crippen molar-refractivity contribution in [2.75, 3.05) is 0 Å². The summed E-state index contributed by atoms with van der Waals surface area (Å²) in [4.78, 5) is 10.1. The highest BCUT2D eigenvalue weighted by Gasteiger charge is 2.16. The van der Waals surface area contributed by atoms with Crippen LogP contribution in [0.5, 0.6) is 0 Å². The Morgan fingerprint density at radius 3 is 1.95 bits per heavy atom. The van der Waals surface area contributed by atoms with Gasteiger partial charge in [-0.2, -0.15) is 0 Å². The normalized spacial score (nSPS) is 12.0. The minimum atomic E-state index is 0.547. The van der Waals surface area contributed by atoms with Crippen molar-refractivity contribution in [2.45, 2.75) is 0 Å². The average molecular weight is 720 g/mol. The van der Waals surface area contributed by atoms with E-state index in [0.717, 1.165) is 55.5 Å². The summed E-state index contributed by atoms with van der Waals surface area (Å²) in [6, 6.07) is 62.8. The first-order valence-corrected chi connectivity index (χ1v) is 19.3. The van der Waals surface area contributed by atoms with Crippen molar-refractivity contribution in [1.29, 1.82) is 0 Å². The largest absolute Gasteiger partial charge is 0.436 e. The molecular weight excluding hydrogens is 691 g/mol. The minimum absolute atomic E-state index is 0.547. The molecule has 0 N–H and O–H groups in total. The van der Waals surface area contributed by atoms with Gasteiger partial charge in [-0.25, -0.2) is 9.97 Å². The number of para-hydroxylation sites is 2. The van der Waals surface area contributed by atoms with E-state index in [-0.39, 0.29) is 0 Å². The molecule has 0 aliphatic carbocycles. The van der Waals surface area contributed by atoms with Gasteiger partial charge in [-0.05, 0) is 94.0 Å². The fourth-order valence-corrected chi connectivity index (χ4v) is 9.66. The lowest BCUT2D eigenvalue weighted by atomic mass is 9.97. The van der Waals surface area contributed by atoms with Crippen LogP contribution in [-0.4, -0.2) is 14.5 Å². The van der Waals surface area contributed by atoms with Crippen LogP contribution in [0.3, 0.4) is 0 Å². The van der Waals surface area contributed by atoms with Crippen LogP contribution in [0.15, 0.2) is 180 Å². The second-order valence-electron chi connectivity index (χ2n) is 14.2. The number of aromatic nitrogens is 3. The van der Waals surface area contributed by atoms with Gasteiger partial charge < -0.3 is 8.98 Å². The molecule has 0 spiro atoms. The Morgan fingerprint density at radius 2 is 1.09 bits per heavy atom. The fourth-order valence-electron chi connectivity index (χ4n) is 8.42. The predicted molar refractivity (Wildman–Crippen MR) is 230 cm³/mol. The molecule has 4 nitrogen and oxygen atoms in total. The molecule has 0 aliphatic rings. The van der Waals surface area contributed by atoms with E-state index in [1.54, 1.807) is 0 Å². The Morgan fingerprint density at radius 1 is 0.436 bits per heavy atom. The molecule has 12 aromatic rings. The molecule has 0 saturated heterocycles. The van der Waals surface area contributed by atoms with E-state index in [1.165, 1.54) is 53.1 Å². The molecule has 12 rings (SSSR count). The van der Waals surface area contributed by atoms with Crippen LogP contribution in [0.4, 0.5) is 0 Å². The minimum Gasteiger partial charge on any atom is -0.436 e. The van der Waals surface area contributed by atoms with E-state index in [4.69, 9.17) is 14.4 Å². The van der Waals surface area contributed by atoms with Gasteiger partial charge >= 0.3 is 0 Å². The van der Waals surface area contributed by atoms with Gasteiger partial charge in [0.15, 0.2) is 0 Å². The molecule has 0 bridgehead atoms. The molecule has 5 heteroatoms. The topological polar surface area (TPSA) is 43.9 Å². The first-order chi connectivity index (χ1) is 27.2. The lowest BCUT2D eigenvalue weighted by molar-refractivity contribution is 0.655. The fraction of sp³-hybridized carbons (Fsp3) is 0. The number of rotatable bonds is 4. The van der Waals surface area contributed by atoms with Crippen LogP contribution >= 0.6 is 11.3 Å². The van der Waals surface area contributed by atoms with E-state index in [1.807, 2.05) is 23.5 Å². The molecule has 4 heterocycles. The summed E-state index contributed by atoms with van der Waals surface area (Å²) in [7, 11) is 0. The zero-order chi connectivity index (χ0) is 36.0. The molecule has 0 saturated carbocycles. The molecule has 8 aromatic carbocycles. The van der Waals surface area contributed by atoms with Gasteiger partial charge in [0.1, 0.15) is 11.1 Å². The van der Waals surface area contributed by atoms with E-state index in [2.05, 4.69) is 168 Å². The first-order valence-electron chi connectivity index (χ1n) is 18.5. The molecule has 4 aromatic heterocycles. The van der Waals surface area contributed by atoms with Crippen molar-refractivity contribution < 1.29 is 4.42 Å². The van der Waals surface area contributed by atoms with Crippen LogP contribution in [0.1, 0.15) is 0 Å². The lowest BCUT2D eigenvalue weighted by Crippen LogP contribution is -1.94. The standard InChI is InChI=1S/C50H29N3OS/c1-4-19-44-37(14-1)38-15-2-5-20-45(38)53(44)35-13-8-11-31(27-35)33-22-24-42-43(29-33)51-48-41-28-32(23-25-46(41)54-50(48)52-42)30-10-7-12-34(26-30)36-17-9-18-40-39-16-3-6-21-47(39)55-49(36)40/h1-29H. The van der Waals surface area contributed by atoms with Crippen molar-refractivity contribution in [3.05, 3.63) is 176 Å². The van der Waals surface area contributed by atoms with Crippen LogP contribution in [0.2, 0.25) is 0 Å². The zero-order valence-corrected chi connectivity index (χ0v) is 30.2. The number of thiophene rings is 1. The molecule has 0 unspecified atom stereocenters. The molecule has 55 heavy (non-hydrogen) atoms. The highest BCUT2D eigenvalue weighted by atomic mass is 32.1. The van der Waals surface area contributed by atoms with Gasteiger partial charge in [0.25, 0.3) is 0 Å². The third-order valence-corrected chi connectivity index (χ3v) is 12.2. The maximum atomic E-state index is 6.29. The summed E-state index contributed by atoms with van der Waals surface area (Å²) < 4.78 is 11.3. The van der Waals surface area contributed by atoms with Gasteiger partial charge in [-0.3, -0.25) is 0 Å². The van der Waals surface area contributed by atoms with Gasteiger partial charge in [0, 0.05) is 42.0 Å². The number of nitrogens with zero attached hydrogens (tertiary/aromatic N) is 3. The van der Waals surface area contributed by atoms with Crippen LogP contribution in [-0.2, 0) is 0 Å². The predicted octanol–water partition coefficient (Wildman–Crippen LogP) is 14.0. The lowest BCUT2D eigenvalue weighted by Gasteiger charge is -2.10. The van der Waals surface area contributed by atoms with E-state index in [0.29, 0.717) is 5.71 Å². The van der Waals surface area contributed by atoms with Crippen molar-refractivity contribution in [1.82, 2.24) is 14.5 Å². The molecule has 0 aliphatic heterocycles. The van der Waals surface area contributed by atoms with Crippen molar-refractivity contribution in [2.24, 2.45) is 0 Å². The maximum Gasteiger partial charge on any atom is 0.246 e. The molecule has 256 valence electrons. The summed E-state index contributed by atoms with van der Waals surface area (Å²) in [5.41, 5.74) is 14.2. The first kappa shape index (κ1) is 30.4. The van der Waals surface area contributed by atoms with Crippen molar-refractivity contribution in [3.8, 4) is 39.1 Å². The van der Waals surface area contributed by atoms with Crippen molar-refractivity contribution >= 4 is 86.5 Å². The van der Waals surface area contributed by atoms with E-state index < -0.39 is 0 Å². The Kier molecular flexibility index (Phi) is 6.47. The van der Waals surface area contributed by atoms with Crippen LogP contribution < -0.4 is 0 Å². The van der Waals surface area contributed by atoms with Crippen LogP contribution in [0.25, 0.3) is 114 Å². The Balaban J connectivity index is 0.946. The van der Waals surface area contributed by atoms with Crippen LogP contribution in [0, 0.1) is 0 Å². The Hall–Kier alpha value is -7.08. The summed E-state index contributed by atoms with van der Waals surface area (Å²) in [5.74, 6) is 0. The smallest absolute Gasteiger partial charge is 0.246 e. The monoisotopic (exact) mass is 719 g/mol. The highest BCUT2D eigenvalue weighted by molar-refractivity contribution is 7.26. The van der Waals surface area contributed by atoms with Gasteiger partial charge in [0.2, 0.25) is 5.71 Å². The zero-order valence-electron chi connectivity index (χ0n) is 29.4. The second-order valence-corrected chi connectivity index (χ2v) is 15.2. The Bertz CT molecular complexity index is 3460. The summed E-state index contributed by atoms with van der Waals surface area (Å²) in [6.45, 7) is 0. The maximum absolute atomic E-state index is 6.29. The highest BCUT2D eigenvalue weighted by Crippen LogP contribution is 2.41. The van der Waals surface area contributed by atoms with Crippen molar-refractivity contribution in [3.63, 3.8) is 0 Å². The second kappa shape index (κ2) is 11.7. The molecule has 0 radical (unpaired) electrons. The summed E-state index contributed by atoms with van der Waals surface area (Å²) in [6.07, 6.45) is 0. The van der Waals surface area contributed by atoms with E-state index in [9.17, 15) is 0 Å². The number of hydrogen-bond acceptors (Lipinski definition) is 4. The number of furan rings is 1. The number of fused-ring (bicyclic) bond motifs is 10. The SMILES string of the molecule is c1cc(-c2ccc3oc4nc5ccc(-c6cccc(-n7c8ccccc8c8ccccc87)c6)cc5nc4c3c2)cc(-c2cccc3c2sc2ccccc23)c1. The third-order valence-electron chi connectivity index (χ3n) is 11.0. The van der Waals surface area contributed by atoms with Gasteiger partial charge in [-0.15, -0.1) is 11.3 Å². The molecular formula is C50H29N3OS. The molecule has 0 amide bonds. The average Bonchev–Trinajstić information content (AvgIpc) is 3.92. The summed E-state index contributed by atoms with van der Waals surface area (Å²) >= 11 is 1.86. The van der Waals surface area contributed by atoms with Gasteiger partial charge in [0.05, 0.1) is 22.1 Å². The number of benzene rings is 8. The van der Waals surface area contributed by atoms with Gasteiger partial charge in [-0.1, -0.05) is 115 Å². The Labute approximate surface area is 319 Å². The third kappa shape index (κ3) is 4.70. The number of hydrogen-bond donors (Lipinski definition) is 0. The molecule has 0 fully saturated rings. The summed E-state index contributed by atoms with van der Waals surface area (Å²) in [5, 5.41) is 6.08. The quantitative estimate of drug-likeness (QED) is 0.182.